The summed E-state index contributed by atoms with van der Waals surface area (Å²) >= 11 is 0. The molecule has 4 aromatic rings. The molecule has 0 saturated carbocycles. The van der Waals surface area contributed by atoms with E-state index in [1.807, 2.05) is 47.3 Å². The largest absolute Gasteiger partial charge is 0.484 e. The molecule has 0 saturated heterocycles. The summed E-state index contributed by atoms with van der Waals surface area (Å²) in [7, 11) is -1.56. The number of halogens is 3. The van der Waals surface area contributed by atoms with E-state index in [0.717, 1.165) is 11.2 Å². The van der Waals surface area contributed by atoms with Gasteiger partial charge < -0.3 is 14.3 Å². The van der Waals surface area contributed by atoms with E-state index >= 15 is 0 Å². The van der Waals surface area contributed by atoms with Crippen LogP contribution in [0.3, 0.4) is 0 Å². The maximum Gasteiger partial charge on any atom is 0.422 e. The van der Waals surface area contributed by atoms with Gasteiger partial charge in [-0.05, 0) is 43.3 Å². The van der Waals surface area contributed by atoms with Gasteiger partial charge in [0.15, 0.2) is 11.8 Å². The topological polar surface area (TPSA) is 72.8 Å². The van der Waals surface area contributed by atoms with Crippen molar-refractivity contribution in [3.63, 3.8) is 0 Å². The molecule has 0 radical (unpaired) electrons. The Morgan fingerprint density at radius 2 is 1.97 bits per heavy atom. The van der Waals surface area contributed by atoms with Crippen LogP contribution in [0.15, 0.2) is 60.1 Å². The predicted octanol–water partition coefficient (Wildman–Crippen LogP) is 4.31. The minimum absolute atomic E-state index is 0.000664. The van der Waals surface area contributed by atoms with Crippen LogP contribution >= 0.6 is 0 Å². The Morgan fingerprint density at radius 1 is 1.20 bits per heavy atom. The van der Waals surface area contributed by atoms with Gasteiger partial charge in [-0.25, -0.2) is 4.98 Å². The van der Waals surface area contributed by atoms with Crippen LogP contribution in [0.4, 0.5) is 13.2 Å². The first kappa shape index (κ1) is 20.1. The number of fused-ring (bicyclic) bond motifs is 1. The summed E-state index contributed by atoms with van der Waals surface area (Å²) in [6.07, 6.45) is 0.734. The molecule has 0 aliphatic carbocycles. The molecule has 1 aromatic carbocycles. The van der Waals surface area contributed by atoms with Crippen molar-refractivity contribution in [2.45, 2.75) is 24.0 Å². The highest BCUT2D eigenvalue weighted by Gasteiger charge is 2.29. The Kier molecular flexibility index (Phi) is 5.33. The maximum atomic E-state index is 12.8. The van der Waals surface area contributed by atoms with Crippen molar-refractivity contribution in [3.05, 3.63) is 66.2 Å². The Hall–Kier alpha value is -3.14. The predicted molar refractivity (Wildman–Crippen MR) is 106 cm³/mol. The summed E-state index contributed by atoms with van der Waals surface area (Å²) in [5.41, 5.74) is 3.14. The van der Waals surface area contributed by atoms with Gasteiger partial charge in [-0.3, -0.25) is 9.19 Å². The quantitative estimate of drug-likeness (QED) is 0.491. The molecule has 4 rings (SSSR count). The number of aromatic nitrogens is 4. The zero-order chi connectivity index (χ0) is 21.3. The lowest BCUT2D eigenvalue weighted by Crippen LogP contribution is -2.19. The second-order valence-electron chi connectivity index (χ2n) is 6.61. The van der Waals surface area contributed by atoms with Gasteiger partial charge >= 0.3 is 6.18 Å². The highest BCUT2D eigenvalue weighted by molar-refractivity contribution is 7.84. The molecule has 0 aliphatic heterocycles. The molecule has 1 atom stereocenters. The number of aromatic amines is 1. The van der Waals surface area contributed by atoms with Crippen LogP contribution in [0.25, 0.3) is 16.7 Å². The lowest BCUT2D eigenvalue weighted by Gasteiger charge is -2.13. The first-order valence-corrected chi connectivity index (χ1v) is 10.3. The van der Waals surface area contributed by atoms with Crippen molar-refractivity contribution in [1.29, 1.82) is 0 Å². The van der Waals surface area contributed by atoms with Gasteiger partial charge in [0.05, 0.1) is 33.3 Å². The number of hydrogen-bond acceptors (Lipinski definition) is 4. The van der Waals surface area contributed by atoms with Crippen LogP contribution in [-0.2, 0) is 16.6 Å². The number of hydrogen-bond donors (Lipinski definition) is 1. The van der Waals surface area contributed by atoms with Crippen molar-refractivity contribution >= 4 is 21.8 Å². The molecule has 1 N–H and O–H groups in total. The fourth-order valence-electron chi connectivity index (χ4n) is 2.96. The molecule has 3 heterocycles. The fraction of sp³-hybridized carbons (Fsp3) is 0.200. The Morgan fingerprint density at radius 3 is 2.70 bits per heavy atom. The van der Waals surface area contributed by atoms with E-state index in [0.29, 0.717) is 16.8 Å². The van der Waals surface area contributed by atoms with Crippen molar-refractivity contribution in [2.24, 2.45) is 0 Å². The smallest absolute Gasteiger partial charge is 0.422 e. The van der Waals surface area contributed by atoms with Gasteiger partial charge in [0.2, 0.25) is 0 Å². The number of imidazole rings is 1. The zero-order valence-corrected chi connectivity index (χ0v) is 16.6. The van der Waals surface area contributed by atoms with Crippen LogP contribution in [0.2, 0.25) is 0 Å². The Bertz CT molecular complexity index is 1200. The first-order chi connectivity index (χ1) is 14.3. The van der Waals surface area contributed by atoms with Gasteiger partial charge in [0, 0.05) is 29.8 Å². The monoisotopic (exact) mass is 434 g/mol. The number of nitrogens with one attached hydrogen (secondary N) is 1. The zero-order valence-electron chi connectivity index (χ0n) is 15.8. The van der Waals surface area contributed by atoms with Gasteiger partial charge in [0.1, 0.15) is 5.75 Å². The van der Waals surface area contributed by atoms with Crippen molar-refractivity contribution in [1.82, 2.24) is 19.5 Å². The number of nitrogens with zero attached hydrogens (tertiary/aromatic N) is 3. The molecule has 30 heavy (non-hydrogen) atoms. The third-order valence-electron chi connectivity index (χ3n) is 4.48. The molecule has 0 bridgehead atoms. The number of benzene rings is 1. The molecule has 10 heteroatoms. The molecular weight excluding hydrogens is 417 g/mol. The molecule has 0 amide bonds. The van der Waals surface area contributed by atoms with Crippen molar-refractivity contribution in [3.8, 4) is 11.4 Å². The minimum atomic E-state index is -4.44. The first-order valence-electron chi connectivity index (χ1n) is 8.96. The van der Waals surface area contributed by atoms with E-state index in [2.05, 4.69) is 15.0 Å². The number of H-pyrrole nitrogens is 1. The summed E-state index contributed by atoms with van der Waals surface area (Å²) < 4.78 is 56.9. The van der Waals surface area contributed by atoms with Crippen LogP contribution in [-0.4, -0.2) is 36.5 Å². The van der Waals surface area contributed by atoms with Crippen LogP contribution in [0.5, 0.6) is 5.75 Å². The standard InChI is InChI=1S/C20H17F3N4O2S/c1-13-17(24-7-6-18(13)29-12-20(21,22)23)11-30(28)19-25-15-5-4-14(10-16(15)26-19)27-8-2-3-9-27/h2-10H,11-12H2,1H3,(H,25,26). The van der Waals surface area contributed by atoms with Gasteiger partial charge in [-0.2, -0.15) is 13.2 Å². The maximum absolute atomic E-state index is 12.8. The SMILES string of the molecule is Cc1c(OCC(F)(F)F)ccnc1CS(=O)c1nc2ccc(-n3cccc3)cc2[nH]1. The molecule has 1 unspecified atom stereocenters. The van der Waals surface area contributed by atoms with Crippen molar-refractivity contribution in [2.75, 3.05) is 6.61 Å². The lowest BCUT2D eigenvalue weighted by atomic mass is 10.2. The van der Waals surface area contributed by atoms with E-state index in [1.54, 1.807) is 6.92 Å². The molecular formula is C20H17F3N4O2S. The normalized spacial score (nSPS) is 12.9. The average molecular weight is 434 g/mol. The summed E-state index contributed by atoms with van der Waals surface area (Å²) in [5.74, 6) is 0.0644. The van der Waals surface area contributed by atoms with E-state index in [4.69, 9.17) is 4.74 Å². The highest BCUT2D eigenvalue weighted by atomic mass is 32.2. The van der Waals surface area contributed by atoms with E-state index in [9.17, 15) is 17.4 Å². The molecule has 0 aliphatic rings. The van der Waals surface area contributed by atoms with Gasteiger partial charge in [-0.15, -0.1) is 0 Å². The lowest BCUT2D eigenvalue weighted by molar-refractivity contribution is -0.153. The molecule has 0 fully saturated rings. The molecule has 0 spiro atoms. The van der Waals surface area contributed by atoms with E-state index < -0.39 is 23.6 Å². The minimum Gasteiger partial charge on any atom is -0.484 e. The second-order valence-corrected chi connectivity index (χ2v) is 7.97. The third-order valence-corrected chi connectivity index (χ3v) is 5.64. The van der Waals surface area contributed by atoms with E-state index in [1.165, 1.54) is 12.3 Å². The summed E-state index contributed by atoms with van der Waals surface area (Å²) in [4.78, 5) is 11.6. The average Bonchev–Trinajstić information content (AvgIpc) is 3.37. The van der Waals surface area contributed by atoms with Gasteiger partial charge in [-0.1, -0.05) is 0 Å². The molecule has 156 valence electrons. The Balaban J connectivity index is 1.54. The molecule has 6 nitrogen and oxygen atoms in total. The summed E-state index contributed by atoms with van der Waals surface area (Å²) in [6, 6.07) is 10.8. The summed E-state index contributed by atoms with van der Waals surface area (Å²) in [6.45, 7) is 0.195. The molecule has 3 aromatic heterocycles. The Labute approximate surface area is 172 Å². The fourth-order valence-corrected chi connectivity index (χ4v) is 4.06. The number of rotatable bonds is 6. The van der Waals surface area contributed by atoms with Crippen LogP contribution < -0.4 is 4.74 Å². The number of pyridine rings is 1. The number of ether oxygens (including phenoxy) is 1. The highest BCUT2D eigenvalue weighted by Crippen LogP contribution is 2.25. The number of alkyl halides is 3. The second kappa shape index (κ2) is 7.94. The van der Waals surface area contributed by atoms with Crippen LogP contribution in [0, 0.1) is 6.92 Å². The third kappa shape index (κ3) is 4.38. The van der Waals surface area contributed by atoms with Gasteiger partial charge in [0.25, 0.3) is 0 Å². The van der Waals surface area contributed by atoms with E-state index in [-0.39, 0.29) is 16.7 Å². The van der Waals surface area contributed by atoms with Crippen molar-refractivity contribution < 1.29 is 22.1 Å². The van der Waals surface area contributed by atoms with Crippen LogP contribution in [0.1, 0.15) is 11.3 Å². The summed E-state index contributed by atoms with van der Waals surface area (Å²) in [5, 5.41) is 0.275.